The molecule has 55 nitrogen and oxygen atoms in total. The topological polar surface area (TPSA) is 968 Å². The van der Waals surface area contributed by atoms with Crippen molar-refractivity contribution in [3.63, 3.8) is 0 Å². The number of carbonyl (C=O) groups is 2. The number of carboxylic acids is 1. The molecule has 72 heteroatoms. The van der Waals surface area contributed by atoms with E-state index in [9.17, 15) is 140 Å². The number of aliphatic hydroxyl groups is 5. The van der Waals surface area contributed by atoms with Crippen LogP contribution in [-0.2, 0) is 147 Å². The van der Waals surface area contributed by atoms with Gasteiger partial charge in [-0.15, -0.1) is 0 Å². The molecule has 16 atom stereocenters. The second-order valence-electron chi connectivity index (χ2n) is 17.4. The van der Waals surface area contributed by atoms with Gasteiger partial charge in [0.25, 0.3) is 10.1 Å². The zero-order valence-electron chi connectivity index (χ0n) is 55.4. The molecule has 0 spiro atoms. The molecule has 5 fully saturated rings. The summed E-state index contributed by atoms with van der Waals surface area (Å²) in [5, 5.41) is 68.5. The number of azide groups is 1. The van der Waals surface area contributed by atoms with Crippen molar-refractivity contribution in [1.82, 2.24) is 14.2 Å². The Balaban J connectivity index is -0.0000000604. The van der Waals surface area contributed by atoms with Gasteiger partial charge in [0.1, 0.15) is 34.9 Å². The monoisotopic (exact) mass is 1810 g/mol. The average molecular weight is 1810 g/mol. The van der Waals surface area contributed by atoms with Crippen LogP contribution in [0.15, 0.2) is 5.28 Å². The third kappa shape index (κ3) is 69.2. The third-order valence-corrected chi connectivity index (χ3v) is 15.9. The van der Waals surface area contributed by atoms with Gasteiger partial charge < -0.3 is 138 Å². The number of nitrogens with one attached hydrogen (secondary N) is 3. The van der Waals surface area contributed by atoms with Gasteiger partial charge in [0.05, 0.1) is 94.9 Å². The normalized spacial score (nSPS) is 25.8. The van der Waals surface area contributed by atoms with Crippen LogP contribution < -0.4 is 291 Å². The molecule has 5 aliphatic heterocycles. The molecular weight excluding hydrogens is 1740 g/mol. The van der Waals surface area contributed by atoms with E-state index >= 15 is 0 Å². The van der Waals surface area contributed by atoms with E-state index in [1.54, 1.807) is 4.72 Å². The number of carboxylic acid groups (broad SMARTS) is 1. The number of nitrogens with zero attached hydrogens (tertiary/aromatic N) is 3. The fourth-order valence-corrected chi connectivity index (χ4v) is 11.4. The van der Waals surface area contributed by atoms with Crippen molar-refractivity contribution in [3.05, 3.63) is 10.4 Å². The molecule has 5 saturated heterocycles. The maximum Gasteiger partial charge on any atom is 1.00 e. The number of methoxy groups -OCH3 is 1. The molecule has 17 N–H and O–H groups in total. The molecule has 5 heterocycles. The third-order valence-electron chi connectivity index (χ3n) is 11.0. The first-order valence-electron chi connectivity index (χ1n) is 23.1. The number of carbonyl (C=O) groups excluding carboxylic acids is 2. The number of rotatable bonds is 23. The molecule has 106 heavy (non-hydrogen) atoms. The maximum atomic E-state index is 11.0. The zero-order chi connectivity index (χ0) is 68.9. The van der Waals surface area contributed by atoms with Gasteiger partial charge in [-0.1, -0.05) is 22.3 Å². The molecule has 5 rings (SSSR count). The minimum Gasteiger partial charge on any atom is -0.870 e. The molecule has 0 radical (unpaired) electrons. The van der Waals surface area contributed by atoms with Crippen molar-refractivity contribution in [2.45, 2.75) is 139 Å². The van der Waals surface area contributed by atoms with E-state index in [2.05, 4.69) is 36.1 Å². The van der Waals surface area contributed by atoms with Gasteiger partial charge in [0, 0.05) is 49.8 Å². The molecule has 0 aromatic rings. The molecule has 16 unspecified atom stereocenters. The van der Waals surface area contributed by atoms with Gasteiger partial charge in [-0.25, -0.2) is 77.9 Å². The van der Waals surface area contributed by atoms with E-state index in [0.29, 0.717) is 0 Å². The summed E-state index contributed by atoms with van der Waals surface area (Å²) in [6, 6.07) is -4.24. The summed E-state index contributed by atoms with van der Waals surface area (Å²) in [5.41, 5.74) is 7.86. The van der Waals surface area contributed by atoms with Crippen molar-refractivity contribution in [1.29, 1.82) is 0 Å². The smallest absolute Gasteiger partial charge is 0.870 e. The summed E-state index contributed by atoms with van der Waals surface area (Å²) in [6.45, 7) is -3.83. The summed E-state index contributed by atoms with van der Waals surface area (Å²) in [4.78, 5) is 27.8. The van der Waals surface area contributed by atoms with E-state index in [1.807, 2.05) is 0 Å². The molecular formula is C34H72N6Na9O49S8-. The molecule has 0 bridgehead atoms. The minimum atomic E-state index is -5.24. The maximum absolute atomic E-state index is 11.0. The van der Waals surface area contributed by atoms with E-state index in [-0.39, 0.29) is 355 Å². The van der Waals surface area contributed by atoms with Crippen LogP contribution in [0, 0.1) is 5.92 Å². The molecule has 5 aliphatic rings. The average Bonchev–Trinajstić information content (AvgIpc) is 0.844. The number of ether oxygens (including phenoxy) is 6. The minimum absolute atomic E-state index is 0. The van der Waals surface area contributed by atoms with Crippen LogP contribution in [0.1, 0.15) is 48.0 Å². The van der Waals surface area contributed by atoms with E-state index < -0.39 is 231 Å². The van der Waals surface area contributed by atoms with Crippen LogP contribution in [0.4, 0.5) is 0 Å². The van der Waals surface area contributed by atoms with Crippen molar-refractivity contribution < 1.29 is 492 Å². The Morgan fingerprint density at radius 1 is 0.557 bits per heavy atom. The number of aliphatic carboxylic acids is 1. The Morgan fingerprint density at radius 2 is 0.991 bits per heavy atom. The van der Waals surface area contributed by atoms with Crippen molar-refractivity contribution in [3.8, 4) is 0 Å². The van der Waals surface area contributed by atoms with E-state index in [4.69, 9.17) is 39.1 Å². The summed E-state index contributed by atoms with van der Waals surface area (Å²) >= 11 is 0. The Hall–Kier alpha value is 5.57. The van der Waals surface area contributed by atoms with E-state index in [1.165, 1.54) is 9.44 Å². The predicted octanol–water partition coefficient (Wildman–Crippen LogP) is -43.0. The molecule has 0 saturated carbocycles. The van der Waals surface area contributed by atoms with Crippen LogP contribution in [0.3, 0.4) is 0 Å². The summed E-state index contributed by atoms with van der Waals surface area (Å²) in [5.74, 6) is -3.64. The van der Waals surface area contributed by atoms with Gasteiger partial charge in [-0.3, -0.25) is 16.7 Å². The molecule has 0 aromatic heterocycles. The van der Waals surface area contributed by atoms with Crippen molar-refractivity contribution in [2.24, 2.45) is 11.2 Å². The second kappa shape index (κ2) is 71.2. The van der Waals surface area contributed by atoms with Crippen molar-refractivity contribution in [2.75, 3.05) is 60.0 Å². The molecule has 0 aliphatic carbocycles. The SMILES string of the molecule is C.C.C.COC1OC(COS(=O)(=O)[O-])CC(O)C1NS(=O)(=O)[O-].O.O.O.O.O=C([O-])C1CCOCC1S(=O)(=O)O[O-].O=S(=O)([O-])NC1COC(COS(=O)(=O)[O-])C(O)C1O.O=S(=O)([O-])NC1COC(COS(=O)(=O)[O-])CC1OS(=O)(=O)[O-].[N-]=[N+]=NOC(=O)C1CC(O)C(O)CO1.[Na+].[Na+].[Na+].[Na+].[Na+].[Na+].[Na+].[Na+].[Na+].[OH-]. The largest absolute Gasteiger partial charge is 1.00 e. The predicted molar refractivity (Wildman–Crippen MR) is 290 cm³/mol. The first-order chi connectivity index (χ1) is 40.4. The summed E-state index contributed by atoms with van der Waals surface area (Å²) < 4.78 is 294. The first kappa shape index (κ1) is 153. The standard InChI is InChI=1S/C7H15NO10S2.C6H9N3O5.C6H13NO12S3.C6H13NO10S2.C6H10O7S.3CH4.9Na.5H2O/c1-16-7-6(8-19(10,11)12)5(9)2-4(18-7)3-17-20(13,14)15;7-8-9-14-6(12)5-1-3(10)4(11)2-13-5;8-20(9,10)7-5-3-17-4(2-18-21(11,12)13)1-6(5)19-22(14,15)16;8-5-3(7-18(10,11)12)1-16-4(6(5)9)2-17-19(13,14)15;7-6(8)4-1-2-12-3-5(4)14(10,11)13-9;;;;;;;;;;;;;;;;;/h4-9H,2-3H2,1H3,(H,10,11,12)(H,13,14,15);3-5,10-11H,1-2H2;4-7H,1-3H2,(H,8,9,10)(H,11,12,13)(H,14,15,16);3-9H,1-2H2,(H,10,11,12)(H,13,14,15);4-5,9H,1-3H2,(H,7,8);3*1H4;;;;;;;;;;5*1H2/q;;;;;;;;9*+1;;;;;/p-10. The fourth-order valence-electron chi connectivity index (χ4n) is 7.20. The van der Waals surface area contributed by atoms with Gasteiger partial charge in [0.15, 0.2) is 43.3 Å². The summed E-state index contributed by atoms with van der Waals surface area (Å²) in [6.07, 6.45) is -15.3. The van der Waals surface area contributed by atoms with Crippen LogP contribution in [0.5, 0.6) is 0 Å². The quantitative estimate of drug-likeness (QED) is 0.00688. The van der Waals surface area contributed by atoms with Gasteiger partial charge in [0.2, 0.25) is 41.6 Å². The first-order valence-corrected chi connectivity index (χ1v) is 34.1. The zero-order valence-corrected chi connectivity index (χ0v) is 80.0. The van der Waals surface area contributed by atoms with E-state index in [0.717, 1.165) is 7.11 Å². The Labute approximate surface area is 808 Å². The Morgan fingerprint density at radius 3 is 1.39 bits per heavy atom. The van der Waals surface area contributed by atoms with Crippen molar-refractivity contribution >= 4 is 94.6 Å². The summed E-state index contributed by atoms with van der Waals surface area (Å²) in [7, 11) is -38.2. The van der Waals surface area contributed by atoms with Gasteiger partial charge >= 0.3 is 272 Å². The van der Waals surface area contributed by atoms with Crippen LogP contribution in [0.2, 0.25) is 0 Å². The van der Waals surface area contributed by atoms with Crippen LogP contribution >= 0.6 is 0 Å². The Bertz CT molecular complexity index is 3300. The van der Waals surface area contributed by atoms with Gasteiger partial charge in [-0.2, -0.15) is 8.42 Å². The second-order valence-corrected chi connectivity index (χ2v) is 26.8. The number of hydrogen-bond acceptors (Lipinski definition) is 46. The molecule has 590 valence electrons. The number of hydrogen-bond donors (Lipinski definition) is 8. The fraction of sp³-hybridized carbons (Fsp3) is 0.941. The number of aliphatic hydroxyl groups excluding tert-OH is 5. The Kier molecular flexibility index (Phi) is 102. The molecule has 0 amide bonds. The molecule has 0 aromatic carbocycles. The van der Waals surface area contributed by atoms with Crippen LogP contribution in [0.25, 0.3) is 10.4 Å². The van der Waals surface area contributed by atoms with Gasteiger partial charge in [-0.05, 0) is 12.0 Å². The van der Waals surface area contributed by atoms with Crippen LogP contribution in [-0.4, -0.2) is 315 Å².